The third-order valence-corrected chi connectivity index (χ3v) is 7.08. The zero-order valence-corrected chi connectivity index (χ0v) is 18.2. The molecular weight excluding hydrogens is 353 g/mol. The summed E-state index contributed by atoms with van der Waals surface area (Å²) in [7, 11) is -0.663. The number of H-pyrrole nitrogens is 1. The van der Waals surface area contributed by atoms with Gasteiger partial charge in [0.25, 0.3) is 0 Å². The molecule has 2 rings (SSSR count). The molecule has 0 fully saturated rings. The van der Waals surface area contributed by atoms with Crippen molar-refractivity contribution in [1.82, 2.24) is 4.98 Å². The Balaban J connectivity index is -0.000000312. The molecule has 0 saturated heterocycles. The van der Waals surface area contributed by atoms with Crippen molar-refractivity contribution in [3.63, 3.8) is 0 Å². The number of aromatic nitrogens is 1. The molecule has 0 aliphatic heterocycles. The van der Waals surface area contributed by atoms with Crippen molar-refractivity contribution >= 4 is 8.80 Å². The molecule has 0 radical (unpaired) electrons. The molecule has 1 heterocycles. The number of rotatable bonds is 1. The molecule has 21 heavy (non-hydrogen) atoms. The molecule has 1 aliphatic rings. The Labute approximate surface area is 159 Å². The Morgan fingerprint density at radius 2 is 1.62 bits per heavy atom. The van der Waals surface area contributed by atoms with Gasteiger partial charge in [0.2, 0.25) is 0 Å². The van der Waals surface area contributed by atoms with Gasteiger partial charge in [-0.2, -0.15) is 29.0 Å². The van der Waals surface area contributed by atoms with Crippen molar-refractivity contribution in [1.29, 1.82) is 0 Å². The molecule has 1 nitrogen and oxygen atoms in total. The van der Waals surface area contributed by atoms with E-state index in [1.54, 1.807) is 5.57 Å². The first-order valence-corrected chi connectivity index (χ1v) is 9.49. The van der Waals surface area contributed by atoms with Crippen LogP contribution in [0.2, 0.25) is 18.1 Å². The Kier molecular flexibility index (Phi) is 13.6. The summed E-state index contributed by atoms with van der Waals surface area (Å²) in [5, 5.41) is 0.328. The standard InChI is InChI=1S/C11H19Si.C5H6N.2ClH.Ti/c1-8-7-11(4,12(5)6)10(3)9(8)2;1-5-2-3-6-4-5;;;/h12H,1-6H3;2-3,6H,1H3;2*1H;/q2*-1;;;+4/p-2. The third kappa shape index (κ3) is 6.50. The maximum atomic E-state index is 3.63. The van der Waals surface area contributed by atoms with Crippen molar-refractivity contribution in [2.45, 2.75) is 52.8 Å². The topological polar surface area (TPSA) is 15.8 Å². The van der Waals surface area contributed by atoms with Crippen molar-refractivity contribution in [2.75, 3.05) is 0 Å². The number of allylic oxidation sites excluding steroid dienone is 4. The summed E-state index contributed by atoms with van der Waals surface area (Å²) < 4.78 is 0. The second-order valence-corrected chi connectivity index (χ2v) is 9.11. The van der Waals surface area contributed by atoms with E-state index in [0.29, 0.717) is 5.04 Å². The van der Waals surface area contributed by atoms with E-state index >= 15 is 0 Å². The van der Waals surface area contributed by atoms with E-state index in [-0.39, 0.29) is 46.5 Å². The van der Waals surface area contributed by atoms with E-state index in [0.717, 1.165) is 5.56 Å². The summed E-state index contributed by atoms with van der Waals surface area (Å²) in [6, 6.07) is 1.97. The molecule has 0 saturated carbocycles. The number of halogens is 2. The Morgan fingerprint density at radius 3 is 1.76 bits per heavy atom. The van der Waals surface area contributed by atoms with Gasteiger partial charge in [-0.15, -0.1) is 13.1 Å². The molecule has 1 aromatic rings. The van der Waals surface area contributed by atoms with Crippen LogP contribution in [-0.2, 0) is 21.7 Å². The Hall–Kier alpha value is 0.271. The van der Waals surface area contributed by atoms with E-state index in [4.69, 9.17) is 0 Å². The van der Waals surface area contributed by atoms with Crippen LogP contribution in [0.25, 0.3) is 0 Å². The molecule has 1 aliphatic carbocycles. The third-order valence-electron chi connectivity index (χ3n) is 4.19. The molecule has 5 heteroatoms. The summed E-state index contributed by atoms with van der Waals surface area (Å²) in [5.74, 6) is 0. The van der Waals surface area contributed by atoms with Gasteiger partial charge in [-0.05, 0) is 0 Å². The van der Waals surface area contributed by atoms with Gasteiger partial charge in [-0.3, -0.25) is 6.08 Å². The smallest absolute Gasteiger partial charge is 1.00 e. The maximum Gasteiger partial charge on any atom is 4.00 e. The molecule has 1 N–H and O–H groups in total. The Bertz CT molecular complexity index is 467. The predicted molar refractivity (Wildman–Crippen MR) is 82.4 cm³/mol. The molecule has 116 valence electrons. The number of nitrogens with one attached hydrogen (secondary N) is 1. The summed E-state index contributed by atoms with van der Waals surface area (Å²) in [5.41, 5.74) is 5.56. The van der Waals surface area contributed by atoms with Crippen molar-refractivity contribution in [3.05, 3.63) is 46.8 Å². The molecule has 0 aromatic carbocycles. The number of aryl methyl sites for hydroxylation is 1. The van der Waals surface area contributed by atoms with Crippen LogP contribution in [0.5, 0.6) is 0 Å². The largest absolute Gasteiger partial charge is 4.00 e. The van der Waals surface area contributed by atoms with E-state index in [1.807, 2.05) is 19.2 Å². The van der Waals surface area contributed by atoms with Crippen molar-refractivity contribution < 1.29 is 46.5 Å². The summed E-state index contributed by atoms with van der Waals surface area (Å²) >= 11 is 0. The summed E-state index contributed by atoms with van der Waals surface area (Å²) in [6.07, 6.45) is 8.36. The van der Waals surface area contributed by atoms with Crippen LogP contribution in [0.15, 0.2) is 29.0 Å². The van der Waals surface area contributed by atoms with Crippen LogP contribution in [0.1, 0.15) is 33.3 Å². The van der Waals surface area contributed by atoms with Crippen molar-refractivity contribution in [3.8, 4) is 0 Å². The summed E-state index contributed by atoms with van der Waals surface area (Å²) in [6.45, 7) is 15.8. The fraction of sp³-hybridized carbons (Fsp3) is 0.500. The minimum Gasteiger partial charge on any atom is -1.00 e. The number of aromatic amines is 1. The van der Waals surface area contributed by atoms with Gasteiger partial charge >= 0.3 is 21.7 Å². The van der Waals surface area contributed by atoms with Gasteiger partial charge < -0.3 is 29.8 Å². The summed E-state index contributed by atoms with van der Waals surface area (Å²) in [4.78, 5) is 2.80. The fourth-order valence-electron chi connectivity index (χ4n) is 2.19. The second-order valence-electron chi connectivity index (χ2n) is 5.64. The van der Waals surface area contributed by atoms with Crippen LogP contribution in [0, 0.1) is 19.2 Å². The molecule has 0 amide bonds. The number of hydrogen-bond donors (Lipinski definition) is 1. The van der Waals surface area contributed by atoms with Crippen LogP contribution in [-0.4, -0.2) is 13.8 Å². The Morgan fingerprint density at radius 1 is 1.10 bits per heavy atom. The maximum absolute atomic E-state index is 3.63. The van der Waals surface area contributed by atoms with E-state index in [9.17, 15) is 0 Å². The quantitative estimate of drug-likeness (QED) is 0.451. The molecule has 0 bridgehead atoms. The van der Waals surface area contributed by atoms with Gasteiger partial charge in [-0.25, -0.2) is 5.57 Å². The zero-order chi connectivity index (χ0) is 13.9. The SMILES string of the molecule is CC1=[C-]C(C)([SiH](C)C)C(C)=C1C.Cc1[c-][nH]cc1.[Cl-].[Cl-].[Ti+4]. The molecule has 1 unspecified atom stereocenters. The van der Waals surface area contributed by atoms with Crippen molar-refractivity contribution in [2.24, 2.45) is 0 Å². The normalized spacial score (nSPS) is 19.7. The van der Waals surface area contributed by atoms with E-state index in [1.165, 1.54) is 11.1 Å². The van der Waals surface area contributed by atoms with Crippen LogP contribution < -0.4 is 24.8 Å². The van der Waals surface area contributed by atoms with Gasteiger partial charge in [0.15, 0.2) is 0 Å². The monoisotopic (exact) mass is 377 g/mol. The molecule has 1 aromatic heterocycles. The predicted octanol–water partition coefficient (Wildman–Crippen LogP) is -1.54. The van der Waals surface area contributed by atoms with Crippen LogP contribution in [0.4, 0.5) is 0 Å². The van der Waals surface area contributed by atoms with E-state index in [2.05, 4.69) is 58.0 Å². The first-order valence-electron chi connectivity index (χ1n) is 6.60. The van der Waals surface area contributed by atoms with Gasteiger partial charge in [0.05, 0.1) is 0 Å². The fourth-order valence-corrected chi connectivity index (χ4v) is 3.78. The average molecular weight is 378 g/mol. The first-order chi connectivity index (χ1) is 8.29. The van der Waals surface area contributed by atoms with Gasteiger partial charge in [0, 0.05) is 8.80 Å². The second kappa shape index (κ2) is 10.9. The molecule has 0 spiro atoms. The van der Waals surface area contributed by atoms with Gasteiger partial charge in [0.1, 0.15) is 0 Å². The minimum atomic E-state index is -0.663. The van der Waals surface area contributed by atoms with Gasteiger partial charge in [-0.1, -0.05) is 45.8 Å². The minimum absolute atomic E-state index is 0. The van der Waals surface area contributed by atoms with Crippen LogP contribution in [0.3, 0.4) is 0 Å². The molecule has 1 atom stereocenters. The van der Waals surface area contributed by atoms with E-state index < -0.39 is 8.80 Å². The zero-order valence-electron chi connectivity index (χ0n) is 14.0. The number of hydrogen-bond acceptors (Lipinski definition) is 0. The average Bonchev–Trinajstić information content (AvgIpc) is 2.84. The first kappa shape index (κ1) is 26.2. The molecular formula is C16H25Cl2NSiTi. The van der Waals surface area contributed by atoms with Crippen LogP contribution >= 0.6 is 0 Å².